The van der Waals surface area contributed by atoms with Crippen molar-refractivity contribution >= 4 is 20.9 Å². The van der Waals surface area contributed by atoms with E-state index in [1.165, 1.54) is 30.6 Å². The Bertz CT molecular complexity index is 1450. The third-order valence-electron chi connectivity index (χ3n) is 6.26. The molecule has 0 amide bonds. The van der Waals surface area contributed by atoms with Gasteiger partial charge in [0.2, 0.25) is 10.0 Å². The molecule has 1 N–H and O–H groups in total. The van der Waals surface area contributed by atoms with Gasteiger partial charge in [-0.3, -0.25) is 0 Å². The van der Waals surface area contributed by atoms with E-state index in [-0.39, 0.29) is 39.7 Å². The summed E-state index contributed by atoms with van der Waals surface area (Å²) >= 11 is 0. The van der Waals surface area contributed by atoms with Gasteiger partial charge in [0.25, 0.3) is 0 Å². The summed E-state index contributed by atoms with van der Waals surface area (Å²) in [6, 6.07) is 4.79. The lowest BCUT2D eigenvalue weighted by molar-refractivity contribution is -0.152. The van der Waals surface area contributed by atoms with Crippen molar-refractivity contribution in [1.29, 1.82) is 5.26 Å². The Labute approximate surface area is 207 Å². The molecule has 1 aromatic carbocycles. The molecule has 1 atom stereocenters. The molecule has 2 aromatic heterocycles. The highest BCUT2D eigenvalue weighted by Crippen LogP contribution is 2.41. The minimum Gasteiger partial charge on any atom is -0.347 e. The number of nitriles is 1. The Hall–Kier alpha value is -2.97. The molecule has 1 unspecified atom stereocenters. The van der Waals surface area contributed by atoms with Gasteiger partial charge in [0, 0.05) is 46.5 Å². The van der Waals surface area contributed by atoms with Crippen LogP contribution >= 0.6 is 0 Å². The molecule has 0 saturated heterocycles. The van der Waals surface area contributed by atoms with Gasteiger partial charge >= 0.3 is 6.18 Å². The Balaban J connectivity index is 1.94. The van der Waals surface area contributed by atoms with Gasteiger partial charge in [0.15, 0.2) is 0 Å². The van der Waals surface area contributed by atoms with Crippen molar-refractivity contribution in [3.8, 4) is 17.2 Å². The number of halogens is 4. The van der Waals surface area contributed by atoms with Gasteiger partial charge in [-0.05, 0) is 42.5 Å². The summed E-state index contributed by atoms with van der Waals surface area (Å²) in [7, 11) is -4.24. The molecule has 6 nitrogen and oxygen atoms in total. The predicted molar refractivity (Wildman–Crippen MR) is 128 cm³/mol. The smallest absolute Gasteiger partial charge is 0.347 e. The van der Waals surface area contributed by atoms with E-state index in [1.54, 1.807) is 4.57 Å². The summed E-state index contributed by atoms with van der Waals surface area (Å²) in [5.41, 5.74) is -0.231. The maximum Gasteiger partial charge on any atom is 0.408 e. The van der Waals surface area contributed by atoms with Crippen LogP contribution in [0.15, 0.2) is 36.7 Å². The van der Waals surface area contributed by atoms with Crippen molar-refractivity contribution in [3.05, 3.63) is 53.7 Å². The molecule has 1 fully saturated rings. The molecule has 1 saturated carbocycles. The molecule has 0 radical (unpaired) electrons. The number of sulfonamides is 1. The van der Waals surface area contributed by atoms with E-state index < -0.39 is 33.3 Å². The molecule has 36 heavy (non-hydrogen) atoms. The van der Waals surface area contributed by atoms with Gasteiger partial charge in [-0.15, -0.1) is 0 Å². The van der Waals surface area contributed by atoms with Gasteiger partial charge in [0.05, 0.1) is 5.25 Å². The highest BCUT2D eigenvalue weighted by atomic mass is 32.2. The van der Waals surface area contributed by atoms with Crippen molar-refractivity contribution in [2.24, 2.45) is 5.41 Å². The number of aromatic nitrogens is 2. The van der Waals surface area contributed by atoms with E-state index in [2.05, 4.69) is 4.98 Å². The molecule has 4 rings (SSSR count). The zero-order chi connectivity index (χ0) is 26.5. The van der Waals surface area contributed by atoms with E-state index >= 15 is 4.39 Å². The second-order valence-electron chi connectivity index (χ2n) is 10.3. The van der Waals surface area contributed by atoms with Crippen LogP contribution in [0.2, 0.25) is 0 Å². The van der Waals surface area contributed by atoms with E-state index in [0.717, 1.165) is 6.07 Å². The lowest BCUT2D eigenvalue weighted by Crippen LogP contribution is -2.44. The zero-order valence-electron chi connectivity index (χ0n) is 20.0. The van der Waals surface area contributed by atoms with Crippen LogP contribution in [-0.4, -0.2) is 29.4 Å². The predicted octanol–water partition coefficient (Wildman–Crippen LogP) is 5.84. The Morgan fingerprint density at radius 3 is 2.47 bits per heavy atom. The monoisotopic (exact) mass is 522 g/mol. The summed E-state index contributed by atoms with van der Waals surface area (Å²) in [6.45, 7) is 5.99. The van der Waals surface area contributed by atoms with Crippen LogP contribution in [0.4, 0.5) is 17.6 Å². The van der Waals surface area contributed by atoms with Crippen LogP contribution in [0.1, 0.15) is 57.3 Å². The quantitative estimate of drug-likeness (QED) is 0.412. The highest BCUT2D eigenvalue weighted by Gasteiger charge is 2.46. The number of hydrogen-bond donors (Lipinski definition) is 1. The van der Waals surface area contributed by atoms with E-state index in [0.29, 0.717) is 24.8 Å². The van der Waals surface area contributed by atoms with Gasteiger partial charge in [0.1, 0.15) is 23.6 Å². The SMILES string of the molecule is CC(C)(C)Cn1cc(C(NS(=O)(=O)C2CCC2)C(F)(F)F)c2cc(F)c(-c3cccnc3C#N)cc21. The number of rotatable bonds is 6. The summed E-state index contributed by atoms with van der Waals surface area (Å²) in [5, 5.41) is 8.48. The van der Waals surface area contributed by atoms with Crippen LogP contribution in [0.5, 0.6) is 0 Å². The average molecular weight is 523 g/mol. The number of benzene rings is 1. The largest absolute Gasteiger partial charge is 0.408 e. The van der Waals surface area contributed by atoms with E-state index in [4.69, 9.17) is 0 Å². The maximum absolute atomic E-state index is 15.4. The van der Waals surface area contributed by atoms with Crippen molar-refractivity contribution in [2.45, 2.75) is 64.0 Å². The lowest BCUT2D eigenvalue weighted by atomic mass is 9.96. The number of hydrogen-bond acceptors (Lipinski definition) is 4. The highest BCUT2D eigenvalue weighted by molar-refractivity contribution is 7.90. The second-order valence-corrected chi connectivity index (χ2v) is 12.3. The molecule has 2 heterocycles. The molecule has 11 heteroatoms. The number of fused-ring (bicyclic) bond motifs is 1. The van der Waals surface area contributed by atoms with Crippen molar-refractivity contribution in [3.63, 3.8) is 0 Å². The number of nitrogens with one attached hydrogen (secondary N) is 1. The summed E-state index contributed by atoms with van der Waals surface area (Å²) in [4.78, 5) is 3.95. The van der Waals surface area contributed by atoms with Crippen LogP contribution in [0, 0.1) is 22.6 Å². The van der Waals surface area contributed by atoms with Crippen LogP contribution < -0.4 is 4.72 Å². The maximum atomic E-state index is 15.4. The minimum absolute atomic E-state index is 0.0190. The van der Waals surface area contributed by atoms with Crippen LogP contribution in [-0.2, 0) is 16.6 Å². The molecule has 0 bridgehead atoms. The van der Waals surface area contributed by atoms with Gasteiger partial charge in [-0.1, -0.05) is 27.2 Å². The van der Waals surface area contributed by atoms with E-state index in [1.807, 2.05) is 31.6 Å². The second kappa shape index (κ2) is 9.16. The molecular weight excluding hydrogens is 496 g/mol. The first kappa shape index (κ1) is 26.1. The molecule has 192 valence electrons. The molecule has 0 aliphatic heterocycles. The molecule has 1 aliphatic carbocycles. The summed E-state index contributed by atoms with van der Waals surface area (Å²) in [6.07, 6.45) is -1.08. The Kier molecular flexibility index (Phi) is 6.64. The van der Waals surface area contributed by atoms with Crippen molar-refractivity contribution in [1.82, 2.24) is 14.3 Å². The number of alkyl halides is 3. The summed E-state index contributed by atoms with van der Waals surface area (Å²) < 4.78 is 86.9. The van der Waals surface area contributed by atoms with Gasteiger partial charge < -0.3 is 4.57 Å². The molecule has 3 aromatic rings. The normalized spacial score (nSPS) is 16.1. The average Bonchev–Trinajstić information content (AvgIpc) is 3.04. The zero-order valence-corrected chi connectivity index (χ0v) is 20.8. The fourth-order valence-electron chi connectivity index (χ4n) is 4.38. The van der Waals surface area contributed by atoms with Crippen LogP contribution in [0.3, 0.4) is 0 Å². The molecular formula is C25H26F4N4O2S. The van der Waals surface area contributed by atoms with E-state index in [9.17, 15) is 26.9 Å². The number of nitrogens with zero attached hydrogens (tertiary/aromatic N) is 3. The molecule has 1 aliphatic rings. The fourth-order valence-corrected chi connectivity index (χ4v) is 6.11. The molecule has 0 spiro atoms. The third kappa shape index (κ3) is 5.11. The topological polar surface area (TPSA) is 87.8 Å². The lowest BCUT2D eigenvalue weighted by Gasteiger charge is -2.29. The first-order chi connectivity index (χ1) is 16.7. The Morgan fingerprint density at radius 2 is 1.92 bits per heavy atom. The Morgan fingerprint density at radius 1 is 1.22 bits per heavy atom. The number of pyridine rings is 1. The standard InChI is InChI=1S/C25H26F4N4O2S/c1-24(2,3)14-33-13-19(23(25(27,28)29)32-36(34,35)15-6-4-7-15)18-10-20(26)17(11-22(18)33)16-8-5-9-31-21(16)12-30/h5,8-11,13,15,23,32H,4,6-7,14H2,1-3H3. The van der Waals surface area contributed by atoms with Crippen molar-refractivity contribution in [2.75, 3.05) is 0 Å². The van der Waals surface area contributed by atoms with Gasteiger partial charge in [-0.2, -0.15) is 23.2 Å². The minimum atomic E-state index is -4.95. The van der Waals surface area contributed by atoms with Crippen LogP contribution in [0.25, 0.3) is 22.0 Å². The van der Waals surface area contributed by atoms with Gasteiger partial charge in [-0.25, -0.2) is 17.8 Å². The van der Waals surface area contributed by atoms with Crippen molar-refractivity contribution < 1.29 is 26.0 Å². The first-order valence-electron chi connectivity index (χ1n) is 11.5. The first-order valence-corrected chi connectivity index (χ1v) is 13.0. The summed E-state index contributed by atoms with van der Waals surface area (Å²) in [5.74, 6) is -0.843. The fraction of sp³-hybridized carbons (Fsp3) is 0.440. The third-order valence-corrected chi connectivity index (χ3v) is 8.17.